The maximum atomic E-state index is 13.1. The summed E-state index contributed by atoms with van der Waals surface area (Å²) >= 11 is 0. The van der Waals surface area contributed by atoms with Gasteiger partial charge in [-0.3, -0.25) is 4.79 Å². The van der Waals surface area contributed by atoms with Gasteiger partial charge < -0.3 is 10.0 Å². The maximum Gasteiger partial charge on any atom is 0.329 e. The van der Waals surface area contributed by atoms with Gasteiger partial charge in [0.2, 0.25) is 0 Å². The van der Waals surface area contributed by atoms with Crippen LogP contribution in [0.1, 0.15) is 30.5 Å². The summed E-state index contributed by atoms with van der Waals surface area (Å²) in [4.78, 5) is 40.3. The fraction of sp³-hybridized carbons (Fsp3) is 0.318. The Bertz CT molecular complexity index is 891. The first-order valence-electron chi connectivity index (χ1n) is 9.19. The number of urea groups is 1. The number of aliphatic carboxylic acids is 1. The molecule has 1 fully saturated rings. The molecule has 146 valence electrons. The molecule has 3 amide bonds. The van der Waals surface area contributed by atoms with E-state index in [2.05, 4.69) is 0 Å². The third-order valence-corrected chi connectivity index (χ3v) is 5.15. The minimum atomic E-state index is -1.62. The average Bonchev–Trinajstić information content (AvgIpc) is 2.88. The Kier molecular flexibility index (Phi) is 5.23. The number of carbonyl (C=O) groups is 3. The lowest BCUT2D eigenvalue weighted by atomic mass is 10.0. The molecule has 0 aromatic heterocycles. The predicted octanol–water partition coefficient (Wildman–Crippen LogP) is 3.23. The van der Waals surface area contributed by atoms with Gasteiger partial charge in [0.15, 0.2) is 0 Å². The maximum absolute atomic E-state index is 13.1. The Morgan fingerprint density at radius 3 is 2.18 bits per heavy atom. The van der Waals surface area contributed by atoms with Crippen molar-refractivity contribution in [2.24, 2.45) is 0 Å². The fourth-order valence-corrected chi connectivity index (χ4v) is 3.35. The minimum Gasteiger partial charge on any atom is -0.480 e. The average molecular weight is 380 g/mol. The summed E-state index contributed by atoms with van der Waals surface area (Å²) < 4.78 is 0. The van der Waals surface area contributed by atoms with Crippen molar-refractivity contribution >= 4 is 17.9 Å². The van der Waals surface area contributed by atoms with Gasteiger partial charge in [-0.05, 0) is 31.9 Å². The van der Waals surface area contributed by atoms with Crippen molar-refractivity contribution in [1.29, 1.82) is 0 Å². The minimum absolute atomic E-state index is 0.245. The van der Waals surface area contributed by atoms with E-state index in [-0.39, 0.29) is 6.54 Å². The molecule has 1 saturated heterocycles. The lowest BCUT2D eigenvalue weighted by Gasteiger charge is -2.29. The zero-order valence-electron chi connectivity index (χ0n) is 16.3. The van der Waals surface area contributed by atoms with Gasteiger partial charge in [0.05, 0.1) is 0 Å². The topological polar surface area (TPSA) is 77.9 Å². The third-order valence-electron chi connectivity index (χ3n) is 5.15. The van der Waals surface area contributed by atoms with Gasteiger partial charge in [0.25, 0.3) is 5.91 Å². The molecule has 2 aromatic carbocycles. The quantitative estimate of drug-likeness (QED) is 0.781. The van der Waals surface area contributed by atoms with E-state index in [1.807, 2.05) is 61.5 Å². The first-order chi connectivity index (χ1) is 13.2. The molecule has 6 nitrogen and oxygen atoms in total. The van der Waals surface area contributed by atoms with Crippen LogP contribution in [-0.4, -0.2) is 44.4 Å². The molecule has 1 N–H and O–H groups in total. The Morgan fingerprint density at radius 1 is 1.00 bits per heavy atom. The molecule has 1 heterocycles. The molecule has 1 aliphatic heterocycles. The third kappa shape index (κ3) is 3.63. The number of aryl methyl sites for hydroxylation is 1. The van der Waals surface area contributed by atoms with Crippen LogP contribution >= 0.6 is 0 Å². The summed E-state index contributed by atoms with van der Waals surface area (Å²) in [5.41, 5.74) is 1.28. The van der Waals surface area contributed by atoms with Crippen LogP contribution in [0.3, 0.4) is 0 Å². The van der Waals surface area contributed by atoms with E-state index in [1.54, 1.807) is 0 Å². The van der Waals surface area contributed by atoms with Crippen molar-refractivity contribution in [3.05, 3.63) is 71.3 Å². The highest BCUT2D eigenvalue weighted by Crippen LogP contribution is 2.30. The van der Waals surface area contributed by atoms with E-state index in [4.69, 9.17) is 0 Å². The SMILES string of the molecule is Cc1ccc(CN2C(=O)N(C(C)(C)C(=O)O)C(=O)C2Cc2ccccc2)cc1. The number of hydrogen-bond acceptors (Lipinski definition) is 3. The first-order valence-corrected chi connectivity index (χ1v) is 9.19. The largest absolute Gasteiger partial charge is 0.480 e. The monoisotopic (exact) mass is 380 g/mol. The van der Waals surface area contributed by atoms with Crippen LogP contribution in [0.5, 0.6) is 0 Å². The molecule has 1 aliphatic rings. The smallest absolute Gasteiger partial charge is 0.329 e. The number of carboxylic acid groups (broad SMARTS) is 1. The van der Waals surface area contributed by atoms with Gasteiger partial charge in [0, 0.05) is 13.0 Å². The van der Waals surface area contributed by atoms with Crippen LogP contribution in [-0.2, 0) is 22.6 Å². The number of hydrogen-bond donors (Lipinski definition) is 1. The van der Waals surface area contributed by atoms with Crippen LogP contribution < -0.4 is 0 Å². The zero-order chi connectivity index (χ0) is 20.5. The van der Waals surface area contributed by atoms with E-state index in [0.29, 0.717) is 6.42 Å². The summed E-state index contributed by atoms with van der Waals surface area (Å²) in [6, 6.07) is 15.8. The highest BCUT2D eigenvalue weighted by Gasteiger charge is 2.53. The Balaban J connectivity index is 1.96. The Labute approximate surface area is 164 Å². The second-order valence-corrected chi connectivity index (χ2v) is 7.64. The molecule has 0 radical (unpaired) electrons. The summed E-state index contributed by atoms with van der Waals surface area (Å²) in [5, 5.41) is 9.56. The molecule has 1 atom stereocenters. The molecule has 0 bridgehead atoms. The van der Waals surface area contributed by atoms with Gasteiger partial charge >= 0.3 is 12.0 Å². The van der Waals surface area contributed by atoms with Gasteiger partial charge in [-0.15, -0.1) is 0 Å². The number of imide groups is 1. The second-order valence-electron chi connectivity index (χ2n) is 7.64. The predicted molar refractivity (Wildman–Crippen MR) is 105 cm³/mol. The van der Waals surface area contributed by atoms with E-state index in [0.717, 1.165) is 21.6 Å². The number of carbonyl (C=O) groups excluding carboxylic acids is 2. The van der Waals surface area contributed by atoms with Gasteiger partial charge in [-0.2, -0.15) is 0 Å². The van der Waals surface area contributed by atoms with Crippen LogP contribution in [0.25, 0.3) is 0 Å². The van der Waals surface area contributed by atoms with Gasteiger partial charge in [-0.1, -0.05) is 60.2 Å². The normalized spacial score (nSPS) is 17.3. The summed E-state index contributed by atoms with van der Waals surface area (Å²) in [6.07, 6.45) is 0.337. The second kappa shape index (κ2) is 7.46. The van der Waals surface area contributed by atoms with Crippen LogP contribution in [0.2, 0.25) is 0 Å². The van der Waals surface area contributed by atoms with Crippen molar-refractivity contribution in [3.63, 3.8) is 0 Å². The fourth-order valence-electron chi connectivity index (χ4n) is 3.35. The van der Waals surface area contributed by atoms with Gasteiger partial charge in [-0.25, -0.2) is 14.5 Å². The Morgan fingerprint density at radius 2 is 1.61 bits per heavy atom. The van der Waals surface area contributed by atoms with Crippen molar-refractivity contribution in [2.75, 3.05) is 0 Å². The Hall–Kier alpha value is -3.15. The molecule has 2 aromatic rings. The van der Waals surface area contributed by atoms with E-state index in [9.17, 15) is 19.5 Å². The number of rotatable bonds is 6. The van der Waals surface area contributed by atoms with Crippen molar-refractivity contribution < 1.29 is 19.5 Å². The number of benzene rings is 2. The molecular formula is C22H24N2O4. The summed E-state index contributed by atoms with van der Waals surface area (Å²) in [7, 11) is 0. The molecule has 0 saturated carbocycles. The molecule has 3 rings (SSSR count). The van der Waals surface area contributed by atoms with Crippen LogP contribution in [0.15, 0.2) is 54.6 Å². The zero-order valence-corrected chi connectivity index (χ0v) is 16.3. The molecular weight excluding hydrogens is 356 g/mol. The number of nitrogens with zero attached hydrogens (tertiary/aromatic N) is 2. The molecule has 28 heavy (non-hydrogen) atoms. The van der Waals surface area contributed by atoms with Gasteiger partial charge in [0.1, 0.15) is 11.6 Å². The summed E-state index contributed by atoms with van der Waals surface area (Å²) in [5.74, 6) is -1.70. The molecule has 0 spiro atoms. The highest BCUT2D eigenvalue weighted by atomic mass is 16.4. The number of carboxylic acids is 1. The van der Waals surface area contributed by atoms with E-state index < -0.39 is 29.5 Å². The van der Waals surface area contributed by atoms with Crippen molar-refractivity contribution in [1.82, 2.24) is 9.80 Å². The molecule has 1 unspecified atom stereocenters. The summed E-state index contributed by atoms with van der Waals surface area (Å²) in [6.45, 7) is 4.97. The van der Waals surface area contributed by atoms with Crippen LogP contribution in [0, 0.1) is 6.92 Å². The lowest BCUT2D eigenvalue weighted by Crippen LogP contribution is -2.53. The highest BCUT2D eigenvalue weighted by molar-refractivity contribution is 6.08. The van der Waals surface area contributed by atoms with Crippen molar-refractivity contribution in [2.45, 2.75) is 45.3 Å². The lowest BCUT2D eigenvalue weighted by molar-refractivity contribution is -0.152. The standard InChI is InChI=1S/C22H24N2O4/c1-15-9-11-17(12-10-15)14-23-18(13-16-7-5-4-6-8-16)19(25)24(21(23)28)22(2,3)20(26)27/h4-12,18H,13-14H2,1-3H3,(H,26,27). The van der Waals surface area contributed by atoms with E-state index >= 15 is 0 Å². The molecule has 0 aliphatic carbocycles. The molecule has 6 heteroatoms. The van der Waals surface area contributed by atoms with Crippen LogP contribution in [0.4, 0.5) is 4.79 Å². The number of amides is 3. The van der Waals surface area contributed by atoms with Crippen molar-refractivity contribution in [3.8, 4) is 0 Å². The first kappa shape index (κ1) is 19.6. The van der Waals surface area contributed by atoms with E-state index in [1.165, 1.54) is 18.7 Å².